The molecule has 0 aliphatic heterocycles. The number of carbonyl (C=O) groups excluding carboxylic acids is 1. The summed E-state index contributed by atoms with van der Waals surface area (Å²) in [5, 5.41) is 0. The first-order valence-electron chi connectivity index (χ1n) is 6.26. The van der Waals surface area contributed by atoms with E-state index < -0.39 is 5.41 Å². The molecule has 0 fully saturated rings. The molecule has 0 saturated carbocycles. The predicted octanol–water partition coefficient (Wildman–Crippen LogP) is 3.43. The third-order valence-electron chi connectivity index (χ3n) is 3.22. The Balaban J connectivity index is 2.97. The summed E-state index contributed by atoms with van der Waals surface area (Å²) >= 11 is 0. The van der Waals surface area contributed by atoms with E-state index in [0.29, 0.717) is 6.42 Å². The minimum Gasteiger partial charge on any atom is -0.468 e. The molecule has 0 heterocycles. The summed E-state index contributed by atoms with van der Waals surface area (Å²) in [6.45, 7) is 3.42. The van der Waals surface area contributed by atoms with Gasteiger partial charge in [0.15, 0.2) is 0 Å². The third-order valence-corrected chi connectivity index (χ3v) is 3.22. The van der Waals surface area contributed by atoms with Crippen LogP contribution in [0, 0.1) is 0 Å². The molecule has 0 bridgehead atoms. The maximum atomic E-state index is 12.1. The van der Waals surface area contributed by atoms with E-state index in [1.807, 2.05) is 38.1 Å². The Kier molecular flexibility index (Phi) is 5.32. The molecule has 0 spiro atoms. The minimum absolute atomic E-state index is 0.250. The average Bonchev–Trinajstić information content (AvgIpc) is 2.38. The Morgan fingerprint density at radius 1 is 1.28 bits per heavy atom. The molecule has 3 heteroatoms. The fraction of sp³-hybridized carbons (Fsp3) is 0.533. The van der Waals surface area contributed by atoms with Crippen molar-refractivity contribution >= 4 is 5.97 Å². The van der Waals surface area contributed by atoms with E-state index in [1.165, 1.54) is 7.11 Å². The van der Waals surface area contributed by atoms with Crippen LogP contribution in [0.1, 0.15) is 37.8 Å². The maximum absolute atomic E-state index is 12.1. The average molecular weight is 252 g/mol. The first-order valence-corrected chi connectivity index (χ1v) is 6.26. The highest BCUT2D eigenvalue weighted by atomic mass is 19.1. The molecule has 0 aliphatic carbocycles. The summed E-state index contributed by atoms with van der Waals surface area (Å²) in [5.74, 6) is -0.250. The Morgan fingerprint density at radius 2 is 1.94 bits per heavy atom. The van der Waals surface area contributed by atoms with E-state index in [4.69, 9.17) is 4.74 Å². The number of benzene rings is 1. The Bertz CT molecular complexity index is 399. The number of carbonyl (C=O) groups is 1. The van der Waals surface area contributed by atoms with Gasteiger partial charge in [0.05, 0.1) is 19.2 Å². The van der Waals surface area contributed by atoms with E-state index >= 15 is 0 Å². The second-order valence-corrected chi connectivity index (χ2v) is 4.92. The fourth-order valence-corrected chi connectivity index (χ4v) is 2.12. The number of aryl methyl sites for hydroxylation is 1. The molecule has 1 rings (SSSR count). The number of esters is 1. The van der Waals surface area contributed by atoms with Crippen molar-refractivity contribution in [1.29, 1.82) is 0 Å². The van der Waals surface area contributed by atoms with Crippen LogP contribution in [0.5, 0.6) is 0 Å². The Morgan fingerprint density at radius 3 is 2.56 bits per heavy atom. The zero-order chi connectivity index (χ0) is 13.6. The van der Waals surface area contributed by atoms with Gasteiger partial charge >= 0.3 is 5.97 Å². The SMILES string of the molecule is COC(=O)C(C)(C)c1ccccc1CCCCF. The van der Waals surface area contributed by atoms with Crippen molar-refractivity contribution in [2.24, 2.45) is 0 Å². The van der Waals surface area contributed by atoms with Crippen molar-refractivity contribution in [1.82, 2.24) is 0 Å². The molecule has 100 valence electrons. The summed E-state index contributed by atoms with van der Waals surface area (Å²) in [4.78, 5) is 11.8. The van der Waals surface area contributed by atoms with Gasteiger partial charge < -0.3 is 4.74 Å². The monoisotopic (exact) mass is 252 g/mol. The molecule has 0 aliphatic rings. The summed E-state index contributed by atoms with van der Waals surface area (Å²) in [6, 6.07) is 7.81. The summed E-state index contributed by atoms with van der Waals surface area (Å²) in [5.41, 5.74) is 1.40. The highest BCUT2D eigenvalue weighted by molar-refractivity contribution is 5.82. The smallest absolute Gasteiger partial charge is 0.315 e. The first kappa shape index (κ1) is 14.7. The molecule has 0 saturated heterocycles. The van der Waals surface area contributed by atoms with Gasteiger partial charge in [0.2, 0.25) is 0 Å². The third kappa shape index (κ3) is 3.31. The van der Waals surface area contributed by atoms with Gasteiger partial charge in [-0.05, 0) is 44.2 Å². The van der Waals surface area contributed by atoms with Crippen LogP contribution < -0.4 is 0 Å². The van der Waals surface area contributed by atoms with Crippen LogP contribution in [0.25, 0.3) is 0 Å². The highest BCUT2D eigenvalue weighted by Gasteiger charge is 2.32. The van der Waals surface area contributed by atoms with Gasteiger partial charge in [0.1, 0.15) is 0 Å². The molecule has 0 N–H and O–H groups in total. The number of hydrogen-bond acceptors (Lipinski definition) is 2. The lowest BCUT2D eigenvalue weighted by Crippen LogP contribution is -2.31. The van der Waals surface area contributed by atoms with Crippen LogP contribution in [0.4, 0.5) is 4.39 Å². The fourth-order valence-electron chi connectivity index (χ4n) is 2.12. The number of ether oxygens (including phenoxy) is 1. The molecular weight excluding hydrogens is 231 g/mol. The van der Waals surface area contributed by atoms with Crippen molar-refractivity contribution in [3.8, 4) is 0 Å². The lowest BCUT2D eigenvalue weighted by atomic mass is 9.80. The zero-order valence-corrected chi connectivity index (χ0v) is 11.3. The number of alkyl halides is 1. The van der Waals surface area contributed by atoms with Crippen LogP contribution in [0.15, 0.2) is 24.3 Å². The molecule has 18 heavy (non-hydrogen) atoms. The van der Waals surface area contributed by atoms with Gasteiger partial charge in [0, 0.05) is 0 Å². The summed E-state index contributed by atoms with van der Waals surface area (Å²) < 4.78 is 17.0. The van der Waals surface area contributed by atoms with E-state index in [1.54, 1.807) is 0 Å². The number of methoxy groups -OCH3 is 1. The normalized spacial score (nSPS) is 11.3. The Hall–Kier alpha value is -1.38. The van der Waals surface area contributed by atoms with Crippen molar-refractivity contribution in [2.75, 3.05) is 13.8 Å². The van der Waals surface area contributed by atoms with E-state index in [0.717, 1.165) is 24.0 Å². The van der Waals surface area contributed by atoms with Crippen molar-refractivity contribution < 1.29 is 13.9 Å². The largest absolute Gasteiger partial charge is 0.468 e. The zero-order valence-electron chi connectivity index (χ0n) is 11.3. The van der Waals surface area contributed by atoms with Crippen LogP contribution >= 0.6 is 0 Å². The second-order valence-electron chi connectivity index (χ2n) is 4.92. The lowest BCUT2D eigenvalue weighted by molar-refractivity contribution is -0.146. The highest BCUT2D eigenvalue weighted by Crippen LogP contribution is 2.28. The standard InChI is InChI=1S/C15H21FO2/c1-15(2,14(17)18-3)13-10-5-4-8-12(13)9-6-7-11-16/h4-5,8,10H,6-7,9,11H2,1-3H3. The van der Waals surface area contributed by atoms with Crippen LogP contribution in [-0.2, 0) is 21.4 Å². The van der Waals surface area contributed by atoms with Crippen LogP contribution in [-0.4, -0.2) is 19.8 Å². The predicted molar refractivity (Wildman–Crippen MR) is 70.4 cm³/mol. The van der Waals surface area contributed by atoms with Gasteiger partial charge in [-0.15, -0.1) is 0 Å². The molecule has 0 unspecified atom stereocenters. The maximum Gasteiger partial charge on any atom is 0.315 e. The quantitative estimate of drug-likeness (QED) is 0.572. The van der Waals surface area contributed by atoms with Crippen molar-refractivity contribution in [3.05, 3.63) is 35.4 Å². The van der Waals surface area contributed by atoms with E-state index in [-0.39, 0.29) is 12.6 Å². The van der Waals surface area contributed by atoms with E-state index in [9.17, 15) is 9.18 Å². The van der Waals surface area contributed by atoms with Gasteiger partial charge in [-0.3, -0.25) is 9.18 Å². The molecule has 0 atom stereocenters. The van der Waals surface area contributed by atoms with Gasteiger partial charge in [-0.1, -0.05) is 24.3 Å². The summed E-state index contributed by atoms with van der Waals surface area (Å²) in [6.07, 6.45) is 2.15. The van der Waals surface area contributed by atoms with Gasteiger partial charge in [-0.25, -0.2) is 0 Å². The molecule has 0 amide bonds. The molecule has 1 aromatic rings. The molecule has 1 aromatic carbocycles. The molecule has 0 aromatic heterocycles. The van der Waals surface area contributed by atoms with Gasteiger partial charge in [0.25, 0.3) is 0 Å². The topological polar surface area (TPSA) is 26.3 Å². The molecule has 2 nitrogen and oxygen atoms in total. The number of halogens is 1. The molecule has 0 radical (unpaired) electrons. The van der Waals surface area contributed by atoms with E-state index in [2.05, 4.69) is 0 Å². The number of hydrogen-bond donors (Lipinski definition) is 0. The molecular formula is C15H21FO2. The number of unbranched alkanes of at least 4 members (excludes halogenated alkanes) is 1. The van der Waals surface area contributed by atoms with Crippen molar-refractivity contribution in [3.63, 3.8) is 0 Å². The second kappa shape index (κ2) is 6.53. The van der Waals surface area contributed by atoms with Crippen molar-refractivity contribution in [2.45, 2.75) is 38.5 Å². The number of rotatable bonds is 6. The minimum atomic E-state index is -0.666. The first-order chi connectivity index (χ1) is 8.54. The Labute approximate surface area is 108 Å². The summed E-state index contributed by atoms with van der Waals surface area (Å²) in [7, 11) is 1.40. The van der Waals surface area contributed by atoms with Gasteiger partial charge in [-0.2, -0.15) is 0 Å². The van der Waals surface area contributed by atoms with Crippen LogP contribution in [0.2, 0.25) is 0 Å². The van der Waals surface area contributed by atoms with Crippen LogP contribution in [0.3, 0.4) is 0 Å². The lowest BCUT2D eigenvalue weighted by Gasteiger charge is -2.25.